The number of rotatable bonds is 53. The number of unbranched alkanes of at least 4 members (excludes halogenated alkanes) is 10. The van der Waals surface area contributed by atoms with Crippen LogP contribution < -0.4 is 0 Å². The smallest absolute Gasteiger partial charge is 0.306 e. The first-order chi connectivity index (χ1) is 39.0. The molecule has 0 aromatic carbocycles. The van der Waals surface area contributed by atoms with Crippen LogP contribution in [0.1, 0.15) is 226 Å². The van der Waals surface area contributed by atoms with Crippen molar-refractivity contribution in [3.05, 3.63) is 194 Å². The summed E-state index contributed by atoms with van der Waals surface area (Å²) in [4.78, 5) is 38.1. The van der Waals surface area contributed by atoms with Crippen molar-refractivity contribution in [1.82, 2.24) is 0 Å². The molecule has 0 aromatic heterocycles. The molecule has 0 aliphatic heterocycles. The topological polar surface area (TPSA) is 78.9 Å². The monoisotopic (exact) mass is 1080 g/mol. The lowest BCUT2D eigenvalue weighted by atomic mass is 10.1. The van der Waals surface area contributed by atoms with E-state index in [1.165, 1.54) is 19.3 Å². The van der Waals surface area contributed by atoms with Crippen molar-refractivity contribution >= 4 is 17.9 Å². The van der Waals surface area contributed by atoms with Gasteiger partial charge in [-0.05, 0) is 148 Å². The predicted molar refractivity (Wildman–Crippen MR) is 343 cm³/mol. The van der Waals surface area contributed by atoms with Gasteiger partial charge in [-0.3, -0.25) is 14.4 Å². The standard InChI is InChI=1S/C73H110O6/c1-4-7-10-13-16-19-22-25-26-27-28-29-30-31-32-33-34-35-36-37-38-39-40-41-42-43-44-45-46-49-51-54-57-60-63-66-72(75)78-69-70(79-73(76)67-64-61-58-55-52-48-24-21-18-15-12-9-6-3)68-77-71(74)65-62-59-56-53-50-47-23-20-17-14-11-8-5-2/h7-12,16-21,25-26,28-29,31-32,34-35,37-38,40-41,43-44,47-48,50,52,58,61,70H,4-6,13-15,22-24,27,30,33,36,39,42,45-46,49,51,53-57,59-60,62-69H2,1-3H3/b10-7-,11-8-,12-9-,19-16-,20-17-,21-18-,26-25-,29-28-,32-31-,35-34-,38-37-,41-40-,44-43-,50-47-,52-48-,61-58-. The summed E-state index contributed by atoms with van der Waals surface area (Å²) in [5.41, 5.74) is 0. The molecule has 0 aliphatic carbocycles. The van der Waals surface area contributed by atoms with Gasteiger partial charge in [0.1, 0.15) is 13.2 Å². The van der Waals surface area contributed by atoms with Gasteiger partial charge in [-0.1, -0.05) is 254 Å². The highest BCUT2D eigenvalue weighted by atomic mass is 16.6. The summed E-state index contributed by atoms with van der Waals surface area (Å²) in [7, 11) is 0. The van der Waals surface area contributed by atoms with Crippen molar-refractivity contribution in [2.45, 2.75) is 232 Å². The van der Waals surface area contributed by atoms with Crippen LogP contribution in [0.3, 0.4) is 0 Å². The van der Waals surface area contributed by atoms with Gasteiger partial charge in [0, 0.05) is 19.3 Å². The van der Waals surface area contributed by atoms with E-state index >= 15 is 0 Å². The van der Waals surface area contributed by atoms with E-state index in [0.29, 0.717) is 19.3 Å². The molecule has 6 heteroatoms. The second-order valence-electron chi connectivity index (χ2n) is 19.5. The van der Waals surface area contributed by atoms with Crippen LogP contribution in [0, 0.1) is 0 Å². The van der Waals surface area contributed by atoms with Crippen molar-refractivity contribution in [2.24, 2.45) is 0 Å². The van der Waals surface area contributed by atoms with E-state index in [1.807, 2.05) is 12.2 Å². The van der Waals surface area contributed by atoms with Gasteiger partial charge in [0.25, 0.3) is 0 Å². The summed E-state index contributed by atoms with van der Waals surface area (Å²) in [5, 5.41) is 0. The van der Waals surface area contributed by atoms with E-state index in [0.717, 1.165) is 161 Å². The number of esters is 3. The van der Waals surface area contributed by atoms with Gasteiger partial charge in [-0.25, -0.2) is 0 Å². The second-order valence-corrected chi connectivity index (χ2v) is 19.5. The fourth-order valence-electron chi connectivity index (χ4n) is 7.58. The van der Waals surface area contributed by atoms with E-state index < -0.39 is 12.1 Å². The maximum Gasteiger partial charge on any atom is 0.306 e. The highest BCUT2D eigenvalue weighted by Gasteiger charge is 2.19. The van der Waals surface area contributed by atoms with Gasteiger partial charge >= 0.3 is 17.9 Å². The molecule has 0 saturated heterocycles. The zero-order valence-electron chi connectivity index (χ0n) is 50.0. The van der Waals surface area contributed by atoms with Crippen molar-refractivity contribution in [3.8, 4) is 0 Å². The van der Waals surface area contributed by atoms with Gasteiger partial charge in [0.2, 0.25) is 0 Å². The number of hydrogen-bond donors (Lipinski definition) is 0. The third-order valence-electron chi connectivity index (χ3n) is 12.1. The Labute approximate surface area is 484 Å². The Morgan fingerprint density at radius 2 is 0.481 bits per heavy atom. The lowest BCUT2D eigenvalue weighted by Gasteiger charge is -2.18. The zero-order chi connectivity index (χ0) is 57.1. The van der Waals surface area contributed by atoms with Crippen molar-refractivity contribution < 1.29 is 28.6 Å². The van der Waals surface area contributed by atoms with Gasteiger partial charge in [-0.15, -0.1) is 0 Å². The fraction of sp³-hybridized carbons (Fsp3) is 0.521. The number of hydrogen-bond acceptors (Lipinski definition) is 6. The molecule has 0 fully saturated rings. The number of allylic oxidation sites excluding steroid dienone is 32. The molecule has 0 spiro atoms. The van der Waals surface area contributed by atoms with Crippen LogP contribution in [-0.2, 0) is 28.6 Å². The Morgan fingerprint density at radius 3 is 0.772 bits per heavy atom. The van der Waals surface area contributed by atoms with Crippen molar-refractivity contribution in [1.29, 1.82) is 0 Å². The van der Waals surface area contributed by atoms with E-state index in [-0.39, 0.29) is 31.6 Å². The second kappa shape index (κ2) is 64.8. The first-order valence-electron chi connectivity index (χ1n) is 30.9. The number of carbonyl (C=O) groups excluding carboxylic acids is 3. The quantitative estimate of drug-likeness (QED) is 0.0261. The Balaban J connectivity index is 4.33. The highest BCUT2D eigenvalue weighted by molar-refractivity contribution is 5.71. The molecule has 0 N–H and O–H groups in total. The molecule has 1 unspecified atom stereocenters. The van der Waals surface area contributed by atoms with Crippen LogP contribution in [0.15, 0.2) is 194 Å². The first kappa shape index (κ1) is 73.2. The van der Waals surface area contributed by atoms with Crippen LogP contribution in [0.5, 0.6) is 0 Å². The minimum Gasteiger partial charge on any atom is -0.462 e. The molecule has 0 bridgehead atoms. The Hall–Kier alpha value is -5.75. The molecule has 0 amide bonds. The molecule has 0 heterocycles. The zero-order valence-corrected chi connectivity index (χ0v) is 50.0. The minimum atomic E-state index is -0.844. The molecule has 1 atom stereocenters. The molecule has 6 nitrogen and oxygen atoms in total. The highest BCUT2D eigenvalue weighted by Crippen LogP contribution is 2.12. The maximum atomic E-state index is 12.8. The van der Waals surface area contributed by atoms with E-state index in [4.69, 9.17) is 14.2 Å². The van der Waals surface area contributed by atoms with Gasteiger partial charge in [0.05, 0.1) is 0 Å². The molecule has 438 valence electrons. The van der Waals surface area contributed by atoms with E-state index in [2.05, 4.69) is 203 Å². The summed E-state index contributed by atoms with van der Waals surface area (Å²) >= 11 is 0. The molecule has 0 saturated carbocycles. The Kier molecular flexibility index (Phi) is 60.1. The number of ether oxygens (including phenoxy) is 3. The molecule has 0 aliphatic rings. The van der Waals surface area contributed by atoms with Gasteiger partial charge in [-0.2, -0.15) is 0 Å². The predicted octanol–water partition coefficient (Wildman–Crippen LogP) is 21.4. The SMILES string of the molecule is CC/C=C\C/C=C\C/C=C\C/C=C\C/C=C\C/C=C\C/C=C\C/C=C\C/C=C\CCCCCCCCCC(=O)OCC(COC(=O)CCCCC/C=C\C/C=C\C/C=C\CC)OC(=O)CC/C=C\C/C=C\C/C=C\C/C=C\CC. The lowest BCUT2D eigenvalue weighted by Crippen LogP contribution is -2.30. The Bertz CT molecular complexity index is 1920. The summed E-state index contributed by atoms with van der Waals surface area (Å²) in [6.45, 7) is 6.17. The van der Waals surface area contributed by atoms with Crippen LogP contribution in [0.2, 0.25) is 0 Å². The molecule has 0 aromatic rings. The molecular weight excluding hydrogens is 973 g/mol. The van der Waals surface area contributed by atoms with Crippen molar-refractivity contribution in [2.75, 3.05) is 13.2 Å². The van der Waals surface area contributed by atoms with Crippen LogP contribution in [-0.4, -0.2) is 37.2 Å². The molecule has 0 rings (SSSR count). The van der Waals surface area contributed by atoms with Crippen LogP contribution in [0.25, 0.3) is 0 Å². The summed E-state index contributed by atoms with van der Waals surface area (Å²) in [6.07, 6.45) is 98.9. The van der Waals surface area contributed by atoms with Crippen molar-refractivity contribution in [3.63, 3.8) is 0 Å². The minimum absolute atomic E-state index is 0.132. The average molecular weight is 1080 g/mol. The average Bonchev–Trinajstić information content (AvgIpc) is 3.45. The molecule has 79 heavy (non-hydrogen) atoms. The maximum absolute atomic E-state index is 12.8. The third kappa shape index (κ3) is 63.0. The Morgan fingerprint density at radius 1 is 0.253 bits per heavy atom. The van der Waals surface area contributed by atoms with Crippen LogP contribution in [0.4, 0.5) is 0 Å². The summed E-state index contributed by atoms with van der Waals surface area (Å²) in [6, 6.07) is 0. The van der Waals surface area contributed by atoms with E-state index in [1.54, 1.807) is 0 Å². The largest absolute Gasteiger partial charge is 0.462 e. The normalized spacial score (nSPS) is 13.5. The molecule has 0 radical (unpaired) electrons. The van der Waals surface area contributed by atoms with Crippen LogP contribution >= 0.6 is 0 Å². The van der Waals surface area contributed by atoms with Gasteiger partial charge in [0.15, 0.2) is 6.10 Å². The third-order valence-corrected chi connectivity index (χ3v) is 12.1. The summed E-state index contributed by atoms with van der Waals surface area (Å²) in [5.74, 6) is -1.07. The van der Waals surface area contributed by atoms with Gasteiger partial charge < -0.3 is 14.2 Å². The van der Waals surface area contributed by atoms with E-state index in [9.17, 15) is 14.4 Å². The first-order valence-corrected chi connectivity index (χ1v) is 30.9. The number of carbonyl (C=O) groups is 3. The lowest BCUT2D eigenvalue weighted by molar-refractivity contribution is -0.166. The fourth-order valence-corrected chi connectivity index (χ4v) is 7.58. The molecular formula is C73H110O6. The summed E-state index contributed by atoms with van der Waals surface area (Å²) < 4.78 is 16.7.